The molecule has 7 nitrogen and oxygen atoms in total. The number of anilines is 1. The minimum atomic E-state index is -0.167. The highest BCUT2D eigenvalue weighted by atomic mass is 19.1. The van der Waals surface area contributed by atoms with Crippen LogP contribution in [0.3, 0.4) is 0 Å². The van der Waals surface area contributed by atoms with Crippen molar-refractivity contribution in [2.75, 3.05) is 37.6 Å². The average molecular weight is 359 g/mol. The quantitative estimate of drug-likeness (QED) is 0.663. The fourth-order valence-corrected chi connectivity index (χ4v) is 3.03. The third-order valence-electron chi connectivity index (χ3n) is 4.66. The molecule has 0 atom stereocenters. The fraction of sp³-hybridized carbons (Fsp3) is 0.500. The predicted octanol–water partition coefficient (Wildman–Crippen LogP) is 1.55. The zero-order valence-corrected chi connectivity index (χ0v) is 15.6. The molecule has 0 saturated carbocycles. The van der Waals surface area contributed by atoms with E-state index in [2.05, 4.69) is 32.2 Å². The van der Waals surface area contributed by atoms with Gasteiger partial charge in [0.15, 0.2) is 11.8 Å². The number of benzene rings is 1. The Morgan fingerprint density at radius 2 is 1.92 bits per heavy atom. The van der Waals surface area contributed by atoms with Crippen molar-refractivity contribution in [1.29, 1.82) is 0 Å². The van der Waals surface area contributed by atoms with Crippen LogP contribution in [0.25, 0.3) is 0 Å². The highest BCUT2D eigenvalue weighted by Crippen LogP contribution is 2.20. The summed E-state index contributed by atoms with van der Waals surface area (Å²) in [4.78, 5) is 9.01. The maximum atomic E-state index is 14.0. The van der Waals surface area contributed by atoms with Crippen molar-refractivity contribution in [2.45, 2.75) is 20.4 Å². The lowest BCUT2D eigenvalue weighted by Gasteiger charge is -2.37. The Morgan fingerprint density at radius 3 is 2.54 bits per heavy atom. The van der Waals surface area contributed by atoms with Crippen LogP contribution in [0.5, 0.6) is 0 Å². The molecule has 1 aliphatic heterocycles. The van der Waals surface area contributed by atoms with Crippen LogP contribution < -0.4 is 10.2 Å². The molecule has 0 spiro atoms. The Balaban J connectivity index is 1.65. The van der Waals surface area contributed by atoms with Crippen LogP contribution in [0.1, 0.15) is 18.6 Å². The summed E-state index contributed by atoms with van der Waals surface area (Å²) in [6, 6.07) is 6.94. The summed E-state index contributed by atoms with van der Waals surface area (Å²) in [6.07, 6.45) is 0. The Kier molecular flexibility index (Phi) is 5.70. The molecule has 0 radical (unpaired) electrons. The molecule has 0 unspecified atom stereocenters. The fourth-order valence-electron chi connectivity index (χ4n) is 3.03. The first kappa shape index (κ1) is 18.2. The van der Waals surface area contributed by atoms with E-state index >= 15 is 0 Å². The van der Waals surface area contributed by atoms with E-state index in [9.17, 15) is 4.39 Å². The molecule has 1 aromatic heterocycles. The molecule has 140 valence electrons. The third-order valence-corrected chi connectivity index (χ3v) is 4.66. The predicted molar refractivity (Wildman–Crippen MR) is 101 cm³/mol. The molecule has 1 saturated heterocycles. The highest BCUT2D eigenvalue weighted by Gasteiger charge is 2.21. The van der Waals surface area contributed by atoms with Gasteiger partial charge in [-0.1, -0.05) is 12.1 Å². The van der Waals surface area contributed by atoms with Crippen molar-refractivity contribution in [3.05, 3.63) is 41.7 Å². The second kappa shape index (κ2) is 8.16. The molecule has 2 heterocycles. The number of aromatic nitrogens is 3. The van der Waals surface area contributed by atoms with Crippen LogP contribution in [-0.2, 0) is 13.6 Å². The van der Waals surface area contributed by atoms with Gasteiger partial charge in [0.25, 0.3) is 0 Å². The molecule has 0 bridgehead atoms. The lowest BCUT2D eigenvalue weighted by molar-refractivity contribution is 0.370. The molecule has 1 aromatic carbocycles. The topological polar surface area (TPSA) is 61.6 Å². The van der Waals surface area contributed by atoms with Crippen LogP contribution >= 0.6 is 0 Å². The maximum absolute atomic E-state index is 14.0. The number of para-hydroxylation sites is 1. The zero-order valence-electron chi connectivity index (χ0n) is 15.6. The molecular weight excluding hydrogens is 333 g/mol. The van der Waals surface area contributed by atoms with Gasteiger partial charge in [0.1, 0.15) is 18.2 Å². The van der Waals surface area contributed by atoms with Gasteiger partial charge in [-0.05, 0) is 26.0 Å². The Labute approximate surface area is 153 Å². The Bertz CT molecular complexity index is 763. The molecule has 2 aromatic rings. The average Bonchev–Trinajstić information content (AvgIpc) is 2.98. The van der Waals surface area contributed by atoms with Gasteiger partial charge >= 0.3 is 0 Å². The summed E-state index contributed by atoms with van der Waals surface area (Å²) in [5.74, 6) is 2.40. The normalized spacial score (nSPS) is 15.5. The second-order valence-electron chi connectivity index (χ2n) is 6.32. The summed E-state index contributed by atoms with van der Waals surface area (Å²) in [6.45, 7) is 8.35. The first-order valence-electron chi connectivity index (χ1n) is 8.97. The minimum absolute atomic E-state index is 0.167. The van der Waals surface area contributed by atoms with Gasteiger partial charge in [-0.3, -0.25) is 0 Å². The maximum Gasteiger partial charge on any atom is 0.194 e. The van der Waals surface area contributed by atoms with Crippen LogP contribution in [-0.4, -0.2) is 58.3 Å². The molecule has 0 aliphatic carbocycles. The molecule has 0 amide bonds. The van der Waals surface area contributed by atoms with Gasteiger partial charge in [0.2, 0.25) is 0 Å². The lowest BCUT2D eigenvalue weighted by Crippen LogP contribution is -2.52. The van der Waals surface area contributed by atoms with Crippen molar-refractivity contribution in [2.24, 2.45) is 12.0 Å². The molecule has 1 N–H and O–H groups in total. The van der Waals surface area contributed by atoms with Crippen molar-refractivity contribution in [1.82, 2.24) is 25.0 Å². The van der Waals surface area contributed by atoms with Crippen LogP contribution in [0.2, 0.25) is 0 Å². The highest BCUT2D eigenvalue weighted by molar-refractivity contribution is 5.80. The van der Waals surface area contributed by atoms with Crippen molar-refractivity contribution in [3.8, 4) is 0 Å². The van der Waals surface area contributed by atoms with Crippen LogP contribution in [0, 0.1) is 12.7 Å². The molecule has 1 fully saturated rings. The van der Waals surface area contributed by atoms with Gasteiger partial charge in [0.05, 0.1) is 5.69 Å². The smallest absolute Gasteiger partial charge is 0.194 e. The number of hydrogen-bond donors (Lipinski definition) is 1. The number of piperazine rings is 1. The van der Waals surface area contributed by atoms with Crippen LogP contribution in [0.4, 0.5) is 10.1 Å². The van der Waals surface area contributed by atoms with Gasteiger partial charge in [0, 0.05) is 39.8 Å². The molecule has 3 rings (SSSR count). The number of nitrogens with zero attached hydrogens (tertiary/aromatic N) is 6. The number of nitrogens with one attached hydrogen (secondary N) is 1. The van der Waals surface area contributed by atoms with E-state index in [0.717, 1.165) is 50.3 Å². The molecule has 1 aliphatic rings. The van der Waals surface area contributed by atoms with E-state index < -0.39 is 0 Å². The second-order valence-corrected chi connectivity index (χ2v) is 6.32. The largest absolute Gasteiger partial charge is 0.366 e. The Morgan fingerprint density at radius 1 is 1.19 bits per heavy atom. The van der Waals surface area contributed by atoms with Crippen molar-refractivity contribution >= 4 is 11.6 Å². The lowest BCUT2D eigenvalue weighted by atomic mass is 10.2. The van der Waals surface area contributed by atoms with E-state index in [4.69, 9.17) is 4.99 Å². The summed E-state index contributed by atoms with van der Waals surface area (Å²) < 4.78 is 15.9. The third kappa shape index (κ3) is 3.95. The van der Waals surface area contributed by atoms with E-state index in [1.54, 1.807) is 6.07 Å². The minimum Gasteiger partial charge on any atom is -0.366 e. The first-order chi connectivity index (χ1) is 12.6. The van der Waals surface area contributed by atoms with Gasteiger partial charge < -0.3 is 19.7 Å². The first-order valence-corrected chi connectivity index (χ1v) is 8.97. The zero-order chi connectivity index (χ0) is 18.5. The molecular formula is C18H26FN7. The summed E-state index contributed by atoms with van der Waals surface area (Å²) in [7, 11) is 1.94. The van der Waals surface area contributed by atoms with Gasteiger partial charge in [-0.2, -0.15) is 0 Å². The summed E-state index contributed by atoms with van der Waals surface area (Å²) in [5, 5.41) is 11.6. The van der Waals surface area contributed by atoms with E-state index in [0.29, 0.717) is 12.2 Å². The number of aryl methyl sites for hydroxylation is 1. The van der Waals surface area contributed by atoms with Crippen LogP contribution in [0.15, 0.2) is 29.3 Å². The molecule has 8 heteroatoms. The SMILES string of the molecule is CCNC(=NCc1nnc(C)n1C)N1CCN(c2ccccc2F)CC1. The summed E-state index contributed by atoms with van der Waals surface area (Å²) >= 11 is 0. The summed E-state index contributed by atoms with van der Waals surface area (Å²) in [5.41, 5.74) is 0.670. The number of halogens is 1. The van der Waals surface area contributed by atoms with Crippen molar-refractivity contribution in [3.63, 3.8) is 0 Å². The van der Waals surface area contributed by atoms with Gasteiger partial charge in [-0.15, -0.1) is 10.2 Å². The van der Waals surface area contributed by atoms with E-state index in [1.165, 1.54) is 6.07 Å². The molecule has 26 heavy (non-hydrogen) atoms. The van der Waals surface area contributed by atoms with E-state index in [1.807, 2.05) is 30.7 Å². The monoisotopic (exact) mass is 359 g/mol. The standard InChI is InChI=1S/C18H26FN7/c1-4-20-18(21-13-17-23-22-14(2)24(17)3)26-11-9-25(10-12-26)16-8-6-5-7-15(16)19/h5-8H,4,9-13H2,1-3H3,(H,20,21). The number of guanidine groups is 1. The van der Waals surface area contributed by atoms with Crippen molar-refractivity contribution < 1.29 is 4.39 Å². The number of rotatable bonds is 4. The number of aliphatic imine (C=N–C) groups is 1. The van der Waals surface area contributed by atoms with E-state index in [-0.39, 0.29) is 5.82 Å². The number of hydrogen-bond acceptors (Lipinski definition) is 4. The Hall–Kier alpha value is -2.64. The van der Waals surface area contributed by atoms with Gasteiger partial charge in [-0.25, -0.2) is 9.38 Å².